The number of amides is 1. The first kappa shape index (κ1) is 14.0. The maximum atomic E-state index is 11.5. The minimum Gasteiger partial charge on any atom is -0.383 e. The topological polar surface area (TPSA) is 64.9 Å². The molecule has 1 aromatic carbocycles. The highest BCUT2D eigenvalue weighted by atomic mass is 16.1. The third kappa shape index (κ3) is 4.46. The number of nitriles is 1. The summed E-state index contributed by atoms with van der Waals surface area (Å²) in [4.78, 5) is 11.5. The number of nitrogens with zero attached hydrogens (tertiary/aromatic N) is 1. The molecule has 2 N–H and O–H groups in total. The molecule has 0 spiro atoms. The Morgan fingerprint density at radius 2 is 2.17 bits per heavy atom. The molecule has 1 atom stereocenters. The number of para-hydroxylation sites is 1. The Kier molecular flexibility index (Phi) is 5.72. The number of hydrogen-bond acceptors (Lipinski definition) is 3. The zero-order valence-electron chi connectivity index (χ0n) is 10.9. The molecule has 0 saturated carbocycles. The fourth-order valence-electron chi connectivity index (χ4n) is 1.49. The van der Waals surface area contributed by atoms with Crippen LogP contribution in [0.5, 0.6) is 0 Å². The number of nitrogens with one attached hydrogen (secondary N) is 2. The minimum atomic E-state index is 0.0336. The maximum absolute atomic E-state index is 11.5. The molecule has 0 aliphatic heterocycles. The second-order valence-corrected chi connectivity index (χ2v) is 4.21. The van der Waals surface area contributed by atoms with Crippen LogP contribution in [0.1, 0.15) is 32.3 Å². The van der Waals surface area contributed by atoms with E-state index in [1.165, 1.54) is 0 Å². The van der Waals surface area contributed by atoms with Crippen molar-refractivity contribution in [1.82, 2.24) is 5.32 Å². The lowest BCUT2D eigenvalue weighted by molar-refractivity contribution is -0.121. The Morgan fingerprint density at radius 3 is 2.83 bits per heavy atom. The normalized spacial score (nSPS) is 11.4. The van der Waals surface area contributed by atoms with Crippen LogP contribution in [-0.4, -0.2) is 18.5 Å². The van der Waals surface area contributed by atoms with E-state index in [2.05, 4.69) is 16.7 Å². The molecular formula is C14H19N3O. The molecule has 4 nitrogen and oxygen atoms in total. The van der Waals surface area contributed by atoms with Gasteiger partial charge in [-0.05, 0) is 25.5 Å². The van der Waals surface area contributed by atoms with E-state index >= 15 is 0 Å². The van der Waals surface area contributed by atoms with Crippen molar-refractivity contribution in [3.05, 3.63) is 29.8 Å². The summed E-state index contributed by atoms with van der Waals surface area (Å²) in [6.07, 6.45) is 1.33. The van der Waals surface area contributed by atoms with E-state index in [0.717, 1.165) is 12.1 Å². The predicted molar refractivity (Wildman–Crippen MR) is 72.2 cm³/mol. The van der Waals surface area contributed by atoms with Gasteiger partial charge in [-0.1, -0.05) is 19.1 Å². The third-order valence-corrected chi connectivity index (χ3v) is 2.73. The number of benzene rings is 1. The molecule has 1 aromatic rings. The quantitative estimate of drug-likeness (QED) is 0.808. The molecule has 0 heterocycles. The van der Waals surface area contributed by atoms with Crippen molar-refractivity contribution in [3.63, 3.8) is 0 Å². The summed E-state index contributed by atoms with van der Waals surface area (Å²) in [5.74, 6) is 0.0336. The van der Waals surface area contributed by atoms with E-state index in [9.17, 15) is 4.79 Å². The zero-order chi connectivity index (χ0) is 13.4. The molecule has 1 rings (SSSR count). The molecule has 0 aliphatic rings. The van der Waals surface area contributed by atoms with Crippen LogP contribution in [0.15, 0.2) is 24.3 Å². The summed E-state index contributed by atoms with van der Waals surface area (Å²) in [6, 6.07) is 9.60. The lowest BCUT2D eigenvalue weighted by atomic mass is 10.2. The molecular weight excluding hydrogens is 226 g/mol. The minimum absolute atomic E-state index is 0.0336. The molecule has 96 valence electrons. The standard InChI is InChI=1S/C14H19N3O/c1-3-11(2)17-14(18)8-9-16-13-7-5-4-6-12(13)10-15/h4-7,11,16H,3,8-9H2,1-2H3,(H,17,18). The van der Waals surface area contributed by atoms with E-state index in [1.54, 1.807) is 6.07 Å². The van der Waals surface area contributed by atoms with Crippen molar-refractivity contribution >= 4 is 11.6 Å². The van der Waals surface area contributed by atoms with Gasteiger partial charge >= 0.3 is 0 Å². The molecule has 0 radical (unpaired) electrons. The molecule has 4 heteroatoms. The van der Waals surface area contributed by atoms with Crippen molar-refractivity contribution in [3.8, 4) is 6.07 Å². The van der Waals surface area contributed by atoms with Crippen molar-refractivity contribution in [1.29, 1.82) is 5.26 Å². The van der Waals surface area contributed by atoms with Gasteiger partial charge in [-0.15, -0.1) is 0 Å². The van der Waals surface area contributed by atoms with Crippen LogP contribution < -0.4 is 10.6 Å². The third-order valence-electron chi connectivity index (χ3n) is 2.73. The first-order valence-corrected chi connectivity index (χ1v) is 6.19. The number of rotatable bonds is 6. The summed E-state index contributed by atoms with van der Waals surface area (Å²) in [5.41, 5.74) is 1.37. The summed E-state index contributed by atoms with van der Waals surface area (Å²) in [6.45, 7) is 4.55. The lowest BCUT2D eigenvalue weighted by Crippen LogP contribution is -2.32. The number of carbonyl (C=O) groups excluding carboxylic acids is 1. The Balaban J connectivity index is 2.38. The van der Waals surface area contributed by atoms with E-state index in [4.69, 9.17) is 5.26 Å². The molecule has 0 bridgehead atoms. The van der Waals surface area contributed by atoms with Gasteiger partial charge in [-0.25, -0.2) is 0 Å². The number of hydrogen-bond donors (Lipinski definition) is 2. The van der Waals surface area contributed by atoms with Gasteiger partial charge in [0.1, 0.15) is 6.07 Å². The number of carbonyl (C=O) groups is 1. The molecule has 0 saturated heterocycles. The van der Waals surface area contributed by atoms with Crippen LogP contribution >= 0.6 is 0 Å². The van der Waals surface area contributed by atoms with Crippen molar-refractivity contribution < 1.29 is 4.79 Å². The summed E-state index contributed by atoms with van der Waals surface area (Å²) in [7, 11) is 0. The van der Waals surface area contributed by atoms with Gasteiger partial charge in [-0.3, -0.25) is 4.79 Å². The average Bonchev–Trinajstić information content (AvgIpc) is 2.39. The van der Waals surface area contributed by atoms with Crippen LogP contribution in [0.3, 0.4) is 0 Å². The second-order valence-electron chi connectivity index (χ2n) is 4.21. The molecule has 1 unspecified atom stereocenters. The Labute approximate surface area is 108 Å². The van der Waals surface area contributed by atoms with E-state index in [1.807, 2.05) is 32.0 Å². The maximum Gasteiger partial charge on any atom is 0.221 e. The monoisotopic (exact) mass is 245 g/mol. The van der Waals surface area contributed by atoms with Crippen LogP contribution in [0.2, 0.25) is 0 Å². The van der Waals surface area contributed by atoms with Gasteiger partial charge in [0.2, 0.25) is 5.91 Å². The van der Waals surface area contributed by atoms with Gasteiger partial charge in [-0.2, -0.15) is 5.26 Å². The van der Waals surface area contributed by atoms with E-state index in [0.29, 0.717) is 18.5 Å². The molecule has 18 heavy (non-hydrogen) atoms. The smallest absolute Gasteiger partial charge is 0.221 e. The van der Waals surface area contributed by atoms with Gasteiger partial charge in [0, 0.05) is 19.0 Å². The fourth-order valence-corrected chi connectivity index (χ4v) is 1.49. The Bertz CT molecular complexity index is 437. The average molecular weight is 245 g/mol. The largest absolute Gasteiger partial charge is 0.383 e. The van der Waals surface area contributed by atoms with Gasteiger partial charge in [0.05, 0.1) is 11.3 Å². The molecule has 0 aliphatic carbocycles. The van der Waals surface area contributed by atoms with E-state index < -0.39 is 0 Å². The van der Waals surface area contributed by atoms with Crippen LogP contribution in [-0.2, 0) is 4.79 Å². The van der Waals surface area contributed by atoms with Crippen LogP contribution in [0, 0.1) is 11.3 Å². The van der Waals surface area contributed by atoms with Crippen molar-refractivity contribution in [2.45, 2.75) is 32.7 Å². The highest BCUT2D eigenvalue weighted by Gasteiger charge is 2.05. The second kappa shape index (κ2) is 7.33. The highest BCUT2D eigenvalue weighted by Crippen LogP contribution is 2.13. The molecule has 0 fully saturated rings. The van der Waals surface area contributed by atoms with Crippen molar-refractivity contribution in [2.24, 2.45) is 0 Å². The molecule has 0 aromatic heterocycles. The van der Waals surface area contributed by atoms with E-state index in [-0.39, 0.29) is 11.9 Å². The predicted octanol–water partition coefficient (Wildman–Crippen LogP) is 2.27. The Morgan fingerprint density at radius 1 is 1.44 bits per heavy atom. The van der Waals surface area contributed by atoms with Crippen molar-refractivity contribution in [2.75, 3.05) is 11.9 Å². The summed E-state index contributed by atoms with van der Waals surface area (Å²) >= 11 is 0. The zero-order valence-corrected chi connectivity index (χ0v) is 10.9. The lowest BCUT2D eigenvalue weighted by Gasteiger charge is -2.12. The molecule has 1 amide bonds. The van der Waals surface area contributed by atoms with Crippen LogP contribution in [0.25, 0.3) is 0 Å². The van der Waals surface area contributed by atoms with Gasteiger partial charge in [0.25, 0.3) is 0 Å². The Hall–Kier alpha value is -2.02. The van der Waals surface area contributed by atoms with Gasteiger partial charge < -0.3 is 10.6 Å². The summed E-state index contributed by atoms with van der Waals surface area (Å²) in [5, 5.41) is 14.9. The summed E-state index contributed by atoms with van der Waals surface area (Å²) < 4.78 is 0. The first-order chi connectivity index (χ1) is 8.67. The van der Waals surface area contributed by atoms with Gasteiger partial charge in [0.15, 0.2) is 0 Å². The SMILES string of the molecule is CCC(C)NC(=O)CCNc1ccccc1C#N. The number of anilines is 1. The fraction of sp³-hybridized carbons (Fsp3) is 0.429. The van der Waals surface area contributed by atoms with Crippen LogP contribution in [0.4, 0.5) is 5.69 Å². The highest BCUT2D eigenvalue weighted by molar-refractivity contribution is 5.76. The first-order valence-electron chi connectivity index (χ1n) is 6.19.